The molecule has 0 aliphatic carbocycles. The van der Waals surface area contributed by atoms with Crippen molar-refractivity contribution in [1.29, 1.82) is 0 Å². The minimum Gasteiger partial charge on any atom is -0.324 e. The molecule has 1 aliphatic heterocycles. The van der Waals surface area contributed by atoms with Gasteiger partial charge in [0.15, 0.2) is 0 Å². The minimum atomic E-state index is 0.0676. The van der Waals surface area contributed by atoms with Crippen molar-refractivity contribution in [1.82, 2.24) is 9.80 Å². The van der Waals surface area contributed by atoms with E-state index in [4.69, 9.17) is 5.73 Å². The van der Waals surface area contributed by atoms with Crippen LogP contribution in [0.1, 0.15) is 19.8 Å². The third-order valence-electron chi connectivity index (χ3n) is 2.66. The fourth-order valence-corrected chi connectivity index (χ4v) is 1.88. The van der Waals surface area contributed by atoms with Crippen LogP contribution in [0, 0.1) is 0 Å². The molecule has 0 amide bonds. The van der Waals surface area contributed by atoms with Crippen LogP contribution in [0.25, 0.3) is 0 Å². The second-order valence-electron chi connectivity index (χ2n) is 4.84. The smallest absolute Gasteiger partial charge is 0.0267 e. The summed E-state index contributed by atoms with van der Waals surface area (Å²) >= 11 is 0. The van der Waals surface area contributed by atoms with E-state index in [0.29, 0.717) is 0 Å². The van der Waals surface area contributed by atoms with Crippen LogP contribution in [-0.4, -0.2) is 55.6 Å². The zero-order valence-corrected chi connectivity index (χ0v) is 9.21. The van der Waals surface area contributed by atoms with Gasteiger partial charge in [-0.25, -0.2) is 0 Å². The van der Waals surface area contributed by atoms with Gasteiger partial charge in [0, 0.05) is 12.1 Å². The van der Waals surface area contributed by atoms with Crippen molar-refractivity contribution >= 4 is 0 Å². The van der Waals surface area contributed by atoms with Crippen LogP contribution in [0.3, 0.4) is 0 Å². The van der Waals surface area contributed by atoms with Crippen LogP contribution in [0.4, 0.5) is 0 Å². The van der Waals surface area contributed by atoms with E-state index in [0.717, 1.165) is 13.0 Å². The molecule has 1 aliphatic rings. The van der Waals surface area contributed by atoms with Gasteiger partial charge in [-0.05, 0) is 53.5 Å². The largest absolute Gasteiger partial charge is 0.324 e. The summed E-state index contributed by atoms with van der Waals surface area (Å²) in [7, 11) is 4.24. The maximum atomic E-state index is 6.05. The Kier molecular flexibility index (Phi) is 3.71. The van der Waals surface area contributed by atoms with E-state index >= 15 is 0 Å². The van der Waals surface area contributed by atoms with Crippen LogP contribution in [0.5, 0.6) is 0 Å². The Labute approximate surface area is 81.9 Å². The molecule has 78 valence electrons. The van der Waals surface area contributed by atoms with Crippen molar-refractivity contribution < 1.29 is 0 Å². The van der Waals surface area contributed by atoms with E-state index in [1.165, 1.54) is 26.1 Å². The highest BCUT2D eigenvalue weighted by Crippen LogP contribution is 2.17. The van der Waals surface area contributed by atoms with Gasteiger partial charge in [-0.15, -0.1) is 0 Å². The molecule has 3 nitrogen and oxygen atoms in total. The maximum absolute atomic E-state index is 6.05. The molecular formula is C10H23N3. The van der Waals surface area contributed by atoms with Gasteiger partial charge in [-0.1, -0.05) is 0 Å². The quantitative estimate of drug-likeness (QED) is 0.686. The Balaban J connectivity index is 2.11. The first-order chi connectivity index (χ1) is 5.99. The Morgan fingerprint density at radius 1 is 1.46 bits per heavy atom. The third-order valence-corrected chi connectivity index (χ3v) is 2.66. The first-order valence-corrected chi connectivity index (χ1v) is 5.16. The summed E-state index contributed by atoms with van der Waals surface area (Å²) in [5, 5.41) is 0. The summed E-state index contributed by atoms with van der Waals surface area (Å²) in [5.74, 6) is 0. The molecule has 0 aromatic rings. The molecule has 0 saturated carbocycles. The Hall–Kier alpha value is -0.120. The maximum Gasteiger partial charge on any atom is 0.0267 e. The molecule has 0 bridgehead atoms. The summed E-state index contributed by atoms with van der Waals surface area (Å²) in [6, 6.07) is 0. The standard InChI is InChI=1S/C10H23N3/c1-10(11)5-8-13(9-10)7-4-6-12(2)3/h4-9,11H2,1-3H3. The molecule has 1 atom stereocenters. The molecule has 1 saturated heterocycles. The van der Waals surface area contributed by atoms with E-state index in [2.05, 4.69) is 30.8 Å². The summed E-state index contributed by atoms with van der Waals surface area (Å²) < 4.78 is 0. The minimum absolute atomic E-state index is 0.0676. The highest BCUT2D eigenvalue weighted by Gasteiger charge is 2.28. The Morgan fingerprint density at radius 3 is 2.62 bits per heavy atom. The molecule has 0 aromatic carbocycles. The van der Waals surface area contributed by atoms with Crippen molar-refractivity contribution in [3.63, 3.8) is 0 Å². The lowest BCUT2D eigenvalue weighted by Gasteiger charge is -2.20. The van der Waals surface area contributed by atoms with Gasteiger partial charge in [0.2, 0.25) is 0 Å². The molecule has 0 spiro atoms. The van der Waals surface area contributed by atoms with Gasteiger partial charge in [0.05, 0.1) is 0 Å². The molecule has 2 N–H and O–H groups in total. The zero-order valence-electron chi connectivity index (χ0n) is 9.21. The first kappa shape index (κ1) is 11.0. The fraction of sp³-hybridized carbons (Fsp3) is 1.00. The second kappa shape index (κ2) is 4.40. The van der Waals surface area contributed by atoms with Crippen molar-refractivity contribution in [3.05, 3.63) is 0 Å². The molecule has 0 aromatic heterocycles. The van der Waals surface area contributed by atoms with Gasteiger partial charge >= 0.3 is 0 Å². The number of likely N-dealkylation sites (tertiary alicyclic amines) is 1. The summed E-state index contributed by atoms with van der Waals surface area (Å²) in [4.78, 5) is 4.71. The third kappa shape index (κ3) is 4.07. The molecule has 13 heavy (non-hydrogen) atoms. The van der Waals surface area contributed by atoms with Gasteiger partial charge < -0.3 is 15.5 Å². The topological polar surface area (TPSA) is 32.5 Å². The van der Waals surface area contributed by atoms with Crippen molar-refractivity contribution in [2.24, 2.45) is 5.73 Å². The number of hydrogen-bond acceptors (Lipinski definition) is 3. The number of nitrogens with two attached hydrogens (primary N) is 1. The van der Waals surface area contributed by atoms with E-state index in [1.807, 2.05) is 0 Å². The monoisotopic (exact) mass is 185 g/mol. The molecule has 1 heterocycles. The highest BCUT2D eigenvalue weighted by molar-refractivity contribution is 4.90. The average molecular weight is 185 g/mol. The lowest BCUT2D eigenvalue weighted by molar-refractivity contribution is 0.289. The van der Waals surface area contributed by atoms with Crippen LogP contribution in [0.15, 0.2) is 0 Å². The van der Waals surface area contributed by atoms with Crippen molar-refractivity contribution in [2.75, 3.05) is 40.3 Å². The fourth-order valence-electron chi connectivity index (χ4n) is 1.88. The van der Waals surface area contributed by atoms with Gasteiger partial charge in [0.1, 0.15) is 0 Å². The van der Waals surface area contributed by atoms with Crippen molar-refractivity contribution in [2.45, 2.75) is 25.3 Å². The first-order valence-electron chi connectivity index (χ1n) is 5.16. The molecule has 1 rings (SSSR count). The zero-order chi connectivity index (χ0) is 9.90. The normalized spacial score (nSPS) is 30.2. The van der Waals surface area contributed by atoms with Crippen molar-refractivity contribution in [3.8, 4) is 0 Å². The number of rotatable bonds is 4. The molecule has 0 radical (unpaired) electrons. The summed E-state index contributed by atoms with van der Waals surface area (Å²) in [5.41, 5.74) is 6.12. The van der Waals surface area contributed by atoms with Gasteiger partial charge in [-0.2, -0.15) is 0 Å². The van der Waals surface area contributed by atoms with E-state index < -0.39 is 0 Å². The Morgan fingerprint density at radius 2 is 2.15 bits per heavy atom. The lowest BCUT2D eigenvalue weighted by Crippen LogP contribution is -2.39. The van der Waals surface area contributed by atoms with Gasteiger partial charge in [-0.3, -0.25) is 0 Å². The molecule has 1 fully saturated rings. The SMILES string of the molecule is CN(C)CCCN1CCC(C)(N)C1. The predicted molar refractivity (Wildman–Crippen MR) is 56.8 cm³/mol. The molecule has 3 heteroatoms. The average Bonchev–Trinajstić information content (AvgIpc) is 2.29. The van der Waals surface area contributed by atoms with E-state index in [-0.39, 0.29) is 5.54 Å². The van der Waals surface area contributed by atoms with E-state index in [1.54, 1.807) is 0 Å². The molecule has 1 unspecified atom stereocenters. The van der Waals surface area contributed by atoms with Gasteiger partial charge in [0.25, 0.3) is 0 Å². The van der Waals surface area contributed by atoms with Crippen LogP contribution >= 0.6 is 0 Å². The van der Waals surface area contributed by atoms with Crippen LogP contribution in [0.2, 0.25) is 0 Å². The van der Waals surface area contributed by atoms with E-state index in [9.17, 15) is 0 Å². The number of nitrogens with zero attached hydrogens (tertiary/aromatic N) is 2. The second-order valence-corrected chi connectivity index (χ2v) is 4.84. The van der Waals surface area contributed by atoms with Crippen LogP contribution in [-0.2, 0) is 0 Å². The van der Waals surface area contributed by atoms with Crippen LogP contribution < -0.4 is 5.73 Å². The number of hydrogen-bond donors (Lipinski definition) is 1. The predicted octanol–water partition coefficient (Wildman–Crippen LogP) is 0.361. The summed E-state index contributed by atoms with van der Waals surface area (Å²) in [6.45, 7) is 6.78. The molecular weight excluding hydrogens is 162 g/mol. The Bertz CT molecular complexity index is 154. The lowest BCUT2D eigenvalue weighted by atomic mass is 10.0. The highest BCUT2D eigenvalue weighted by atomic mass is 15.2. The summed E-state index contributed by atoms with van der Waals surface area (Å²) in [6.07, 6.45) is 2.40.